The fourth-order valence-corrected chi connectivity index (χ4v) is 3.63. The van der Waals surface area contributed by atoms with E-state index in [9.17, 15) is 9.59 Å². The summed E-state index contributed by atoms with van der Waals surface area (Å²) < 4.78 is 0. The van der Waals surface area contributed by atoms with E-state index < -0.39 is 11.4 Å². The van der Waals surface area contributed by atoms with Gasteiger partial charge in [-0.3, -0.25) is 14.6 Å². The summed E-state index contributed by atoms with van der Waals surface area (Å²) in [4.78, 5) is 28.7. The van der Waals surface area contributed by atoms with E-state index in [1.165, 1.54) is 0 Å². The van der Waals surface area contributed by atoms with Gasteiger partial charge in [0.2, 0.25) is 11.8 Å². The lowest BCUT2D eigenvalue weighted by atomic mass is 9.88. The molecule has 1 saturated carbocycles. The van der Waals surface area contributed by atoms with Crippen molar-refractivity contribution >= 4 is 11.8 Å². The highest BCUT2D eigenvalue weighted by Crippen LogP contribution is 2.28. The Balaban J connectivity index is 1.65. The van der Waals surface area contributed by atoms with Gasteiger partial charge in [-0.15, -0.1) is 0 Å². The minimum atomic E-state index is -0.899. The van der Waals surface area contributed by atoms with Crippen LogP contribution >= 0.6 is 0 Å². The van der Waals surface area contributed by atoms with Crippen LogP contribution in [-0.2, 0) is 9.59 Å². The van der Waals surface area contributed by atoms with Crippen LogP contribution in [0.5, 0.6) is 0 Å². The number of rotatable bonds is 4. The normalized spacial score (nSPS) is 26.5. The molecule has 7 nitrogen and oxygen atoms in total. The standard InChI is InChI=1S/C17H25N5O2/c18-16(24)17(7-3-1-2-4-8-17)20-15(23)14-11-13(21-22-14)12-5-9-19-10-6-12/h5-6,9-10,13-14,21-22H,1-4,7-8,11H2,(H2,18,24)(H,20,23). The van der Waals surface area contributed by atoms with E-state index in [0.29, 0.717) is 19.3 Å². The lowest BCUT2D eigenvalue weighted by Crippen LogP contribution is -2.60. The van der Waals surface area contributed by atoms with Crippen molar-refractivity contribution in [1.82, 2.24) is 21.2 Å². The third-order valence-corrected chi connectivity index (χ3v) is 5.12. The van der Waals surface area contributed by atoms with Crippen LogP contribution in [0.3, 0.4) is 0 Å². The molecule has 24 heavy (non-hydrogen) atoms. The van der Waals surface area contributed by atoms with E-state index in [-0.39, 0.29) is 18.0 Å². The van der Waals surface area contributed by atoms with E-state index in [2.05, 4.69) is 21.2 Å². The summed E-state index contributed by atoms with van der Waals surface area (Å²) in [7, 11) is 0. The first-order chi connectivity index (χ1) is 11.6. The smallest absolute Gasteiger partial charge is 0.243 e. The topological polar surface area (TPSA) is 109 Å². The summed E-state index contributed by atoms with van der Waals surface area (Å²) in [6.45, 7) is 0. The summed E-state index contributed by atoms with van der Waals surface area (Å²) in [5.74, 6) is -0.589. The lowest BCUT2D eigenvalue weighted by Gasteiger charge is -2.31. The predicted octanol–water partition coefficient (Wildman–Crippen LogP) is 0.684. The fraction of sp³-hybridized carbons (Fsp3) is 0.588. The molecule has 130 valence electrons. The molecule has 2 fully saturated rings. The Morgan fingerprint density at radius 2 is 1.79 bits per heavy atom. The number of primary amides is 1. The van der Waals surface area contributed by atoms with Gasteiger partial charge in [0.25, 0.3) is 0 Å². The van der Waals surface area contributed by atoms with Gasteiger partial charge in [-0.2, -0.15) is 0 Å². The zero-order chi connectivity index (χ0) is 17.0. The van der Waals surface area contributed by atoms with Crippen LogP contribution in [0, 0.1) is 0 Å². The van der Waals surface area contributed by atoms with Gasteiger partial charge in [-0.1, -0.05) is 25.7 Å². The highest BCUT2D eigenvalue weighted by molar-refractivity contribution is 5.92. The second-order valence-corrected chi connectivity index (χ2v) is 6.76. The first-order valence-corrected chi connectivity index (χ1v) is 8.64. The zero-order valence-electron chi connectivity index (χ0n) is 13.8. The van der Waals surface area contributed by atoms with Crippen LogP contribution in [0.25, 0.3) is 0 Å². The van der Waals surface area contributed by atoms with Crippen LogP contribution in [0.15, 0.2) is 24.5 Å². The quantitative estimate of drug-likeness (QED) is 0.607. The second-order valence-electron chi connectivity index (χ2n) is 6.76. The number of carbonyl (C=O) groups is 2. The van der Waals surface area contributed by atoms with Gasteiger partial charge in [0.05, 0.1) is 0 Å². The molecule has 1 aliphatic heterocycles. The summed E-state index contributed by atoms with van der Waals surface area (Å²) in [6, 6.07) is 3.51. The fourth-order valence-electron chi connectivity index (χ4n) is 3.63. The molecule has 2 heterocycles. The van der Waals surface area contributed by atoms with Crippen LogP contribution in [-0.4, -0.2) is 28.4 Å². The van der Waals surface area contributed by atoms with Crippen molar-refractivity contribution in [1.29, 1.82) is 0 Å². The van der Waals surface area contributed by atoms with Crippen molar-refractivity contribution in [3.05, 3.63) is 30.1 Å². The highest BCUT2D eigenvalue weighted by atomic mass is 16.2. The third kappa shape index (κ3) is 3.57. The maximum absolute atomic E-state index is 12.7. The average Bonchev–Trinajstić information content (AvgIpc) is 2.97. The molecule has 0 aromatic carbocycles. The first-order valence-electron chi connectivity index (χ1n) is 8.64. The lowest BCUT2D eigenvalue weighted by molar-refractivity contribution is -0.133. The first kappa shape index (κ1) is 16.9. The second kappa shape index (κ2) is 7.27. The number of hydrogen-bond donors (Lipinski definition) is 4. The number of nitrogens with two attached hydrogens (primary N) is 1. The minimum absolute atomic E-state index is 0.0439. The van der Waals surface area contributed by atoms with Crippen molar-refractivity contribution in [2.24, 2.45) is 5.73 Å². The van der Waals surface area contributed by atoms with Crippen LogP contribution in [0.1, 0.15) is 56.6 Å². The molecular formula is C17H25N5O2. The number of hydrazine groups is 1. The third-order valence-electron chi connectivity index (χ3n) is 5.12. The molecule has 7 heteroatoms. The van der Waals surface area contributed by atoms with Gasteiger partial charge < -0.3 is 11.1 Å². The van der Waals surface area contributed by atoms with Gasteiger partial charge in [0, 0.05) is 18.4 Å². The van der Waals surface area contributed by atoms with Gasteiger partial charge in [-0.25, -0.2) is 10.9 Å². The molecule has 2 amide bonds. The Morgan fingerprint density at radius 1 is 1.12 bits per heavy atom. The van der Waals surface area contributed by atoms with E-state index in [4.69, 9.17) is 5.73 Å². The van der Waals surface area contributed by atoms with E-state index in [1.807, 2.05) is 12.1 Å². The molecule has 1 saturated heterocycles. The Labute approximate surface area is 141 Å². The van der Waals surface area contributed by atoms with E-state index >= 15 is 0 Å². The molecule has 2 aliphatic rings. The SMILES string of the molecule is NC(=O)C1(NC(=O)C2CC(c3ccncc3)NN2)CCCCCC1. The number of nitrogens with zero attached hydrogens (tertiary/aromatic N) is 1. The van der Waals surface area contributed by atoms with Crippen molar-refractivity contribution < 1.29 is 9.59 Å². The van der Waals surface area contributed by atoms with Crippen molar-refractivity contribution in [3.8, 4) is 0 Å². The number of amides is 2. The van der Waals surface area contributed by atoms with Gasteiger partial charge in [-0.05, 0) is 37.0 Å². The monoisotopic (exact) mass is 331 g/mol. The molecule has 5 N–H and O–H groups in total. The largest absolute Gasteiger partial charge is 0.368 e. The summed E-state index contributed by atoms with van der Waals surface area (Å²) in [5, 5.41) is 2.96. The number of aromatic nitrogens is 1. The van der Waals surface area contributed by atoms with Crippen molar-refractivity contribution in [2.45, 2.75) is 62.6 Å². The number of nitrogens with one attached hydrogen (secondary N) is 3. The Kier molecular flexibility index (Phi) is 5.11. The van der Waals surface area contributed by atoms with Crippen LogP contribution in [0.4, 0.5) is 0 Å². The van der Waals surface area contributed by atoms with Gasteiger partial charge >= 0.3 is 0 Å². The van der Waals surface area contributed by atoms with Crippen LogP contribution in [0.2, 0.25) is 0 Å². The number of hydrogen-bond acceptors (Lipinski definition) is 5. The van der Waals surface area contributed by atoms with Gasteiger partial charge in [0.15, 0.2) is 0 Å². The van der Waals surface area contributed by atoms with Crippen LogP contribution < -0.4 is 21.9 Å². The summed E-state index contributed by atoms with van der Waals surface area (Å²) in [5.41, 5.74) is 12.0. The predicted molar refractivity (Wildman–Crippen MR) is 89.4 cm³/mol. The maximum atomic E-state index is 12.7. The minimum Gasteiger partial charge on any atom is -0.368 e. The molecule has 1 aliphatic carbocycles. The Morgan fingerprint density at radius 3 is 2.42 bits per heavy atom. The molecular weight excluding hydrogens is 306 g/mol. The Hall–Kier alpha value is -1.99. The van der Waals surface area contributed by atoms with Crippen molar-refractivity contribution in [2.75, 3.05) is 0 Å². The summed E-state index contributed by atoms with van der Waals surface area (Å²) in [6.07, 6.45) is 9.33. The van der Waals surface area contributed by atoms with E-state index in [0.717, 1.165) is 31.2 Å². The maximum Gasteiger partial charge on any atom is 0.243 e. The number of pyridine rings is 1. The van der Waals surface area contributed by atoms with Gasteiger partial charge in [0.1, 0.15) is 11.6 Å². The molecule has 2 unspecified atom stereocenters. The number of carbonyl (C=O) groups excluding carboxylic acids is 2. The molecule has 0 radical (unpaired) electrons. The van der Waals surface area contributed by atoms with E-state index in [1.54, 1.807) is 12.4 Å². The molecule has 1 aromatic heterocycles. The molecule has 0 bridgehead atoms. The van der Waals surface area contributed by atoms with Crippen molar-refractivity contribution in [3.63, 3.8) is 0 Å². The summed E-state index contributed by atoms with van der Waals surface area (Å²) >= 11 is 0. The zero-order valence-corrected chi connectivity index (χ0v) is 13.8. The Bertz CT molecular complexity index is 584. The molecule has 3 rings (SSSR count). The molecule has 2 atom stereocenters. The highest BCUT2D eigenvalue weighted by Gasteiger charge is 2.41. The molecule has 0 spiro atoms. The average molecular weight is 331 g/mol. The molecule has 1 aromatic rings.